The van der Waals surface area contributed by atoms with Crippen LogP contribution >= 0.6 is 0 Å². The molecule has 1 N–H and O–H groups in total. The molecule has 2 amide bonds. The summed E-state index contributed by atoms with van der Waals surface area (Å²) in [4.78, 5) is 29.6. The van der Waals surface area contributed by atoms with E-state index in [-0.39, 0.29) is 24.9 Å². The number of piperazine rings is 2. The van der Waals surface area contributed by atoms with Gasteiger partial charge in [0.1, 0.15) is 6.54 Å². The molecule has 0 radical (unpaired) electrons. The smallest absolute Gasteiger partial charge is 0.247 e. The molecule has 0 aromatic heterocycles. The molecule has 23 heavy (non-hydrogen) atoms. The molecule has 2 fully saturated rings. The first kappa shape index (κ1) is 16.0. The summed E-state index contributed by atoms with van der Waals surface area (Å²) in [6.07, 6.45) is 0.962. The molecule has 0 unspecified atom stereocenters. The number of rotatable bonds is 4. The number of hydrogen-bond donors (Lipinski definition) is 1. The highest BCUT2D eigenvalue weighted by atomic mass is 16.2. The van der Waals surface area contributed by atoms with Crippen molar-refractivity contribution < 1.29 is 9.59 Å². The van der Waals surface area contributed by atoms with Crippen molar-refractivity contribution in [2.45, 2.75) is 6.42 Å². The van der Waals surface area contributed by atoms with E-state index in [2.05, 4.69) is 16.3 Å². The van der Waals surface area contributed by atoms with Crippen molar-refractivity contribution in [3.05, 3.63) is 29.8 Å². The number of anilines is 1. The fourth-order valence-electron chi connectivity index (χ4n) is 3.06. The van der Waals surface area contributed by atoms with Gasteiger partial charge < -0.3 is 20.0 Å². The monoisotopic (exact) mass is 316 g/mol. The summed E-state index contributed by atoms with van der Waals surface area (Å²) in [5, 5.41) is 3.36. The highest BCUT2D eigenvalue weighted by molar-refractivity contribution is 6.04. The van der Waals surface area contributed by atoms with Gasteiger partial charge in [0.25, 0.3) is 0 Å². The van der Waals surface area contributed by atoms with E-state index in [1.165, 1.54) is 10.5 Å². The summed E-state index contributed by atoms with van der Waals surface area (Å²) in [6.45, 7) is 5.60. The van der Waals surface area contributed by atoms with Crippen LogP contribution in [0.4, 0.5) is 5.69 Å². The quantitative estimate of drug-likeness (QED) is 0.845. The average Bonchev–Trinajstić information content (AvgIpc) is 2.57. The highest BCUT2D eigenvalue weighted by Crippen LogP contribution is 2.19. The lowest BCUT2D eigenvalue weighted by molar-refractivity contribution is -0.136. The van der Waals surface area contributed by atoms with Gasteiger partial charge in [0, 0.05) is 45.5 Å². The molecule has 124 valence electrons. The van der Waals surface area contributed by atoms with Crippen LogP contribution in [0.5, 0.6) is 0 Å². The van der Waals surface area contributed by atoms with Gasteiger partial charge in [-0.2, -0.15) is 0 Å². The maximum absolute atomic E-state index is 12.2. The van der Waals surface area contributed by atoms with Gasteiger partial charge in [-0.15, -0.1) is 0 Å². The minimum absolute atomic E-state index is 0.0178. The molecule has 0 saturated carbocycles. The molecule has 2 saturated heterocycles. The SMILES string of the molecule is CN1CC(=O)N(c2cccc(CCN3CCNCC3)c2)CC1=O. The second kappa shape index (κ2) is 7.10. The summed E-state index contributed by atoms with van der Waals surface area (Å²) in [5.41, 5.74) is 2.04. The second-order valence-corrected chi connectivity index (χ2v) is 6.24. The second-order valence-electron chi connectivity index (χ2n) is 6.24. The van der Waals surface area contributed by atoms with Crippen LogP contribution in [0.1, 0.15) is 5.56 Å². The van der Waals surface area contributed by atoms with Crippen molar-refractivity contribution in [3.63, 3.8) is 0 Å². The average molecular weight is 316 g/mol. The van der Waals surface area contributed by atoms with Gasteiger partial charge in [-0.25, -0.2) is 0 Å². The largest absolute Gasteiger partial charge is 0.335 e. The van der Waals surface area contributed by atoms with Crippen molar-refractivity contribution in [1.82, 2.24) is 15.1 Å². The highest BCUT2D eigenvalue weighted by Gasteiger charge is 2.28. The minimum Gasteiger partial charge on any atom is -0.335 e. The standard InChI is InChI=1S/C17H24N4O2/c1-19-12-17(23)21(13-16(19)22)15-4-2-3-14(11-15)5-8-20-9-6-18-7-10-20/h2-4,11,18H,5-10,12-13H2,1H3. The van der Waals surface area contributed by atoms with Gasteiger partial charge in [0.05, 0.1) is 6.54 Å². The molecule has 2 aliphatic rings. The van der Waals surface area contributed by atoms with Crippen molar-refractivity contribution >= 4 is 17.5 Å². The molecule has 3 rings (SSSR count). The molecule has 2 heterocycles. The van der Waals surface area contributed by atoms with Crippen molar-refractivity contribution in [2.75, 3.05) is 57.8 Å². The van der Waals surface area contributed by atoms with Crippen LogP contribution < -0.4 is 10.2 Å². The molecular weight excluding hydrogens is 292 g/mol. The van der Waals surface area contributed by atoms with Crippen LogP contribution in [0.3, 0.4) is 0 Å². The van der Waals surface area contributed by atoms with Crippen LogP contribution in [0.15, 0.2) is 24.3 Å². The fourth-order valence-corrected chi connectivity index (χ4v) is 3.06. The number of carbonyl (C=O) groups excluding carboxylic acids is 2. The molecule has 0 atom stereocenters. The Balaban J connectivity index is 1.64. The van der Waals surface area contributed by atoms with Crippen LogP contribution in [0.2, 0.25) is 0 Å². The molecule has 1 aromatic rings. The summed E-state index contributed by atoms with van der Waals surface area (Å²) < 4.78 is 0. The van der Waals surface area contributed by atoms with Crippen molar-refractivity contribution in [2.24, 2.45) is 0 Å². The Kier molecular flexibility index (Phi) is 4.93. The molecule has 0 spiro atoms. The van der Waals surface area contributed by atoms with Crippen molar-refractivity contribution in [1.29, 1.82) is 0 Å². The van der Waals surface area contributed by atoms with E-state index in [0.717, 1.165) is 44.8 Å². The molecule has 0 bridgehead atoms. The number of nitrogens with zero attached hydrogens (tertiary/aromatic N) is 3. The molecule has 6 nitrogen and oxygen atoms in total. The Labute approximate surface area is 137 Å². The lowest BCUT2D eigenvalue weighted by Gasteiger charge is -2.32. The van der Waals surface area contributed by atoms with Crippen LogP contribution in [-0.2, 0) is 16.0 Å². The predicted octanol–water partition coefficient (Wildman–Crippen LogP) is -0.0607. The van der Waals surface area contributed by atoms with Gasteiger partial charge in [0.15, 0.2) is 0 Å². The van der Waals surface area contributed by atoms with Gasteiger partial charge in [0.2, 0.25) is 11.8 Å². The van der Waals surface area contributed by atoms with Gasteiger partial charge in [-0.1, -0.05) is 12.1 Å². The first-order chi connectivity index (χ1) is 11.1. The summed E-state index contributed by atoms with van der Waals surface area (Å²) in [5.74, 6) is -0.0397. The third-order valence-electron chi connectivity index (χ3n) is 4.54. The Hall–Kier alpha value is -1.92. The molecule has 2 aliphatic heterocycles. The van der Waals surface area contributed by atoms with E-state index in [0.29, 0.717) is 0 Å². The third kappa shape index (κ3) is 3.89. The third-order valence-corrected chi connectivity index (χ3v) is 4.54. The number of benzene rings is 1. The van der Waals surface area contributed by atoms with Gasteiger partial charge in [-0.05, 0) is 24.1 Å². The maximum atomic E-state index is 12.2. The number of nitrogens with one attached hydrogen (secondary N) is 1. The topological polar surface area (TPSA) is 55.9 Å². The molecule has 1 aromatic carbocycles. The number of carbonyl (C=O) groups is 2. The lowest BCUT2D eigenvalue weighted by Crippen LogP contribution is -2.52. The number of likely N-dealkylation sites (N-methyl/N-ethyl adjacent to an activating group) is 1. The lowest BCUT2D eigenvalue weighted by atomic mass is 10.1. The van der Waals surface area contributed by atoms with E-state index in [1.807, 2.05) is 18.2 Å². The molecular formula is C17H24N4O2. The zero-order chi connectivity index (χ0) is 16.2. The normalized spacial score (nSPS) is 20.2. The van der Waals surface area contributed by atoms with E-state index in [9.17, 15) is 9.59 Å². The van der Waals surface area contributed by atoms with Crippen LogP contribution in [0.25, 0.3) is 0 Å². The summed E-state index contributed by atoms with van der Waals surface area (Å²) in [7, 11) is 1.67. The Bertz CT molecular complexity index is 584. The summed E-state index contributed by atoms with van der Waals surface area (Å²) in [6, 6.07) is 8.01. The van der Waals surface area contributed by atoms with E-state index < -0.39 is 0 Å². The van der Waals surface area contributed by atoms with Crippen molar-refractivity contribution in [3.8, 4) is 0 Å². The van der Waals surface area contributed by atoms with Crippen LogP contribution in [-0.4, -0.2) is 74.5 Å². The zero-order valence-electron chi connectivity index (χ0n) is 13.6. The Morgan fingerprint density at radius 1 is 1.09 bits per heavy atom. The zero-order valence-corrected chi connectivity index (χ0v) is 13.6. The molecule has 6 heteroatoms. The van der Waals surface area contributed by atoms with E-state index in [1.54, 1.807) is 11.9 Å². The van der Waals surface area contributed by atoms with Gasteiger partial charge in [-0.3, -0.25) is 9.59 Å². The van der Waals surface area contributed by atoms with Gasteiger partial charge >= 0.3 is 0 Å². The number of amides is 2. The first-order valence-electron chi connectivity index (χ1n) is 8.20. The first-order valence-corrected chi connectivity index (χ1v) is 8.20. The Morgan fingerprint density at radius 3 is 2.65 bits per heavy atom. The fraction of sp³-hybridized carbons (Fsp3) is 0.529. The van der Waals surface area contributed by atoms with E-state index in [4.69, 9.17) is 0 Å². The van der Waals surface area contributed by atoms with E-state index >= 15 is 0 Å². The molecule has 0 aliphatic carbocycles. The minimum atomic E-state index is -0.0219. The Morgan fingerprint density at radius 2 is 1.87 bits per heavy atom. The summed E-state index contributed by atoms with van der Waals surface area (Å²) >= 11 is 0. The van der Waals surface area contributed by atoms with Crippen LogP contribution in [0, 0.1) is 0 Å². The number of hydrogen-bond acceptors (Lipinski definition) is 4. The maximum Gasteiger partial charge on any atom is 0.247 e. The predicted molar refractivity (Wildman–Crippen MR) is 89.4 cm³/mol.